The van der Waals surface area contributed by atoms with E-state index in [-0.39, 0.29) is 5.91 Å². The largest absolute Gasteiger partial charge is 0.345 e. The predicted molar refractivity (Wildman–Crippen MR) is 85.5 cm³/mol. The first-order valence-electron chi connectivity index (χ1n) is 7.18. The minimum absolute atomic E-state index is 0.149. The van der Waals surface area contributed by atoms with Crippen molar-refractivity contribution in [2.45, 2.75) is 19.8 Å². The fraction of sp³-hybridized carbons (Fsp3) is 0.500. The fourth-order valence-corrected chi connectivity index (χ4v) is 3.51. The van der Waals surface area contributed by atoms with Crippen molar-refractivity contribution < 1.29 is 9.32 Å². The van der Waals surface area contributed by atoms with Crippen LogP contribution < -0.4 is 4.90 Å². The van der Waals surface area contributed by atoms with Gasteiger partial charge in [-0.15, -0.1) is 11.3 Å². The molecule has 0 atom stereocenters. The van der Waals surface area contributed by atoms with Gasteiger partial charge in [-0.1, -0.05) is 5.16 Å². The van der Waals surface area contributed by atoms with Crippen LogP contribution >= 0.6 is 22.9 Å². The average molecular weight is 341 g/mol. The number of aryl methyl sites for hydroxylation is 1. The van der Waals surface area contributed by atoms with Crippen LogP contribution in [0.2, 0.25) is 5.22 Å². The number of aromatic nitrogens is 2. The van der Waals surface area contributed by atoms with Crippen molar-refractivity contribution in [2.24, 2.45) is 0 Å². The molecule has 3 heterocycles. The predicted octanol–water partition coefficient (Wildman–Crippen LogP) is 2.37. The van der Waals surface area contributed by atoms with Crippen molar-refractivity contribution in [3.05, 3.63) is 28.1 Å². The molecule has 8 heteroatoms. The quantitative estimate of drug-likeness (QED) is 0.855. The zero-order chi connectivity index (χ0) is 15.5. The standard InChI is InChI=1S/C14H17ClN4O2S/c1-10-11(13(15)21-17-10)2-3-12(20)18-5-7-19(8-6-18)14-16-4-9-22-14/h4,9H,2-3,5-8H2,1H3. The molecule has 1 aliphatic heterocycles. The summed E-state index contributed by atoms with van der Waals surface area (Å²) in [7, 11) is 0. The van der Waals surface area contributed by atoms with Gasteiger partial charge in [-0.3, -0.25) is 4.79 Å². The van der Waals surface area contributed by atoms with Gasteiger partial charge in [0.05, 0.1) is 5.69 Å². The summed E-state index contributed by atoms with van der Waals surface area (Å²) in [6.07, 6.45) is 2.81. The van der Waals surface area contributed by atoms with Crippen LogP contribution in [0.3, 0.4) is 0 Å². The minimum Gasteiger partial charge on any atom is -0.345 e. The van der Waals surface area contributed by atoms with Crippen LogP contribution in [0.15, 0.2) is 16.1 Å². The number of hydrogen-bond donors (Lipinski definition) is 0. The van der Waals surface area contributed by atoms with E-state index >= 15 is 0 Å². The minimum atomic E-state index is 0.149. The Morgan fingerprint density at radius 3 is 2.77 bits per heavy atom. The molecule has 1 fully saturated rings. The van der Waals surface area contributed by atoms with E-state index in [0.717, 1.165) is 42.6 Å². The molecule has 22 heavy (non-hydrogen) atoms. The lowest BCUT2D eigenvalue weighted by Gasteiger charge is -2.34. The summed E-state index contributed by atoms with van der Waals surface area (Å²) in [4.78, 5) is 20.7. The van der Waals surface area contributed by atoms with E-state index in [1.165, 1.54) is 0 Å². The van der Waals surface area contributed by atoms with Crippen molar-refractivity contribution in [3.63, 3.8) is 0 Å². The summed E-state index contributed by atoms with van der Waals surface area (Å²) >= 11 is 7.55. The molecule has 1 amide bonds. The average Bonchev–Trinajstić information content (AvgIpc) is 3.17. The van der Waals surface area contributed by atoms with E-state index in [2.05, 4.69) is 15.0 Å². The number of rotatable bonds is 4. The molecule has 3 rings (SSSR count). The van der Waals surface area contributed by atoms with Gasteiger partial charge in [0.1, 0.15) is 0 Å². The van der Waals surface area contributed by atoms with Gasteiger partial charge in [0.2, 0.25) is 11.1 Å². The van der Waals surface area contributed by atoms with Gasteiger partial charge in [-0.05, 0) is 24.9 Å². The van der Waals surface area contributed by atoms with Crippen LogP contribution in [0.25, 0.3) is 0 Å². The Labute approximate surface area is 137 Å². The highest BCUT2D eigenvalue weighted by molar-refractivity contribution is 7.13. The zero-order valence-corrected chi connectivity index (χ0v) is 13.9. The highest BCUT2D eigenvalue weighted by atomic mass is 35.5. The van der Waals surface area contributed by atoms with E-state index in [9.17, 15) is 4.79 Å². The number of carbonyl (C=O) groups excluding carboxylic acids is 1. The second-order valence-corrected chi connectivity index (χ2v) is 6.42. The van der Waals surface area contributed by atoms with Crippen LogP contribution in [-0.2, 0) is 11.2 Å². The molecular formula is C14H17ClN4O2S. The van der Waals surface area contributed by atoms with Crippen molar-refractivity contribution in [1.82, 2.24) is 15.0 Å². The zero-order valence-electron chi connectivity index (χ0n) is 12.3. The maximum absolute atomic E-state index is 12.3. The van der Waals surface area contributed by atoms with Gasteiger partial charge in [0, 0.05) is 49.7 Å². The van der Waals surface area contributed by atoms with E-state index in [4.69, 9.17) is 16.1 Å². The lowest BCUT2D eigenvalue weighted by Crippen LogP contribution is -2.48. The van der Waals surface area contributed by atoms with Crippen molar-refractivity contribution >= 4 is 34.0 Å². The first kappa shape index (κ1) is 15.3. The third-order valence-electron chi connectivity index (χ3n) is 3.85. The molecule has 2 aromatic heterocycles. The Kier molecular flexibility index (Phi) is 4.63. The van der Waals surface area contributed by atoms with Crippen LogP contribution in [-0.4, -0.2) is 47.1 Å². The van der Waals surface area contributed by atoms with Crippen LogP contribution in [0.5, 0.6) is 0 Å². The molecule has 118 valence electrons. The topological polar surface area (TPSA) is 62.5 Å². The number of thiazole rings is 1. The Bertz CT molecular complexity index is 616. The first-order valence-corrected chi connectivity index (χ1v) is 8.44. The number of halogens is 1. The van der Waals surface area contributed by atoms with Gasteiger partial charge in [0.25, 0.3) is 0 Å². The molecule has 0 unspecified atom stereocenters. The fourth-order valence-electron chi connectivity index (χ4n) is 2.55. The second-order valence-electron chi connectivity index (χ2n) is 5.20. The number of hydrogen-bond acceptors (Lipinski definition) is 6. The molecule has 0 aromatic carbocycles. The Balaban J connectivity index is 1.50. The summed E-state index contributed by atoms with van der Waals surface area (Å²) in [5.74, 6) is 0.149. The van der Waals surface area contributed by atoms with E-state index in [1.807, 2.05) is 23.4 Å². The second kappa shape index (κ2) is 6.66. The number of carbonyl (C=O) groups is 1. The maximum Gasteiger partial charge on any atom is 0.229 e. The molecular weight excluding hydrogens is 324 g/mol. The third-order valence-corrected chi connectivity index (χ3v) is 4.98. The van der Waals surface area contributed by atoms with Crippen LogP contribution in [0.4, 0.5) is 5.13 Å². The van der Waals surface area contributed by atoms with Crippen molar-refractivity contribution in [3.8, 4) is 0 Å². The number of nitrogens with zero attached hydrogens (tertiary/aromatic N) is 4. The van der Waals surface area contributed by atoms with E-state index < -0.39 is 0 Å². The van der Waals surface area contributed by atoms with Gasteiger partial charge in [0.15, 0.2) is 5.13 Å². The van der Waals surface area contributed by atoms with Gasteiger partial charge in [-0.25, -0.2) is 4.98 Å². The van der Waals surface area contributed by atoms with Crippen LogP contribution in [0.1, 0.15) is 17.7 Å². The normalized spacial score (nSPS) is 15.4. The van der Waals surface area contributed by atoms with Gasteiger partial charge >= 0.3 is 0 Å². The molecule has 0 spiro atoms. The molecule has 0 bridgehead atoms. The molecule has 1 saturated heterocycles. The Hall–Kier alpha value is -1.60. The molecule has 6 nitrogen and oxygen atoms in total. The summed E-state index contributed by atoms with van der Waals surface area (Å²) in [6.45, 7) is 4.95. The van der Waals surface area contributed by atoms with Crippen molar-refractivity contribution in [2.75, 3.05) is 31.1 Å². The molecule has 0 saturated carbocycles. The summed E-state index contributed by atoms with van der Waals surface area (Å²) in [6, 6.07) is 0. The SMILES string of the molecule is Cc1noc(Cl)c1CCC(=O)N1CCN(c2nccs2)CC1. The van der Waals surface area contributed by atoms with Gasteiger partial charge < -0.3 is 14.3 Å². The number of amides is 1. The summed E-state index contributed by atoms with van der Waals surface area (Å²) < 4.78 is 4.91. The molecule has 1 aliphatic rings. The molecule has 2 aromatic rings. The number of anilines is 1. The molecule has 0 radical (unpaired) electrons. The third kappa shape index (κ3) is 3.25. The maximum atomic E-state index is 12.3. The molecule has 0 aliphatic carbocycles. The highest BCUT2D eigenvalue weighted by Gasteiger charge is 2.23. The lowest BCUT2D eigenvalue weighted by molar-refractivity contribution is -0.131. The summed E-state index contributed by atoms with van der Waals surface area (Å²) in [5.41, 5.74) is 1.59. The smallest absolute Gasteiger partial charge is 0.229 e. The first-order chi connectivity index (χ1) is 10.6. The molecule has 0 N–H and O–H groups in total. The Morgan fingerprint density at radius 1 is 1.41 bits per heavy atom. The number of piperazine rings is 1. The van der Waals surface area contributed by atoms with Crippen LogP contribution in [0, 0.1) is 6.92 Å². The summed E-state index contributed by atoms with van der Waals surface area (Å²) in [5, 5.41) is 7.09. The van der Waals surface area contributed by atoms with E-state index in [0.29, 0.717) is 18.1 Å². The van der Waals surface area contributed by atoms with Gasteiger partial charge in [-0.2, -0.15) is 0 Å². The highest BCUT2D eigenvalue weighted by Crippen LogP contribution is 2.22. The monoisotopic (exact) mass is 340 g/mol. The van der Waals surface area contributed by atoms with Crippen molar-refractivity contribution in [1.29, 1.82) is 0 Å². The Morgan fingerprint density at radius 2 is 2.18 bits per heavy atom. The van der Waals surface area contributed by atoms with E-state index in [1.54, 1.807) is 11.3 Å². The lowest BCUT2D eigenvalue weighted by atomic mass is 10.1.